The normalized spacial score (nSPS) is 11.2. The second-order valence-electron chi connectivity index (χ2n) is 4.30. The average Bonchev–Trinajstić information content (AvgIpc) is 2.32. The summed E-state index contributed by atoms with van der Waals surface area (Å²) in [7, 11) is -3.21. The first-order valence-electron chi connectivity index (χ1n) is 5.95. The van der Waals surface area contributed by atoms with Crippen LogP contribution >= 0.6 is 0 Å². The Labute approximate surface area is 117 Å². The van der Waals surface area contributed by atoms with Gasteiger partial charge in [0.15, 0.2) is 0 Å². The maximum absolute atomic E-state index is 11.6. The van der Waals surface area contributed by atoms with Crippen LogP contribution in [0.2, 0.25) is 0 Å². The second-order valence-corrected chi connectivity index (χ2v) is 6.13. The molecule has 1 aromatic heterocycles. The fourth-order valence-corrected chi connectivity index (χ4v) is 1.97. The lowest BCUT2D eigenvalue weighted by Crippen LogP contribution is -2.34. The van der Waals surface area contributed by atoms with Crippen molar-refractivity contribution in [2.24, 2.45) is 0 Å². The largest absolute Gasteiger partial charge is 0.398 e. The molecular weight excluding hydrogens is 284 g/mol. The van der Waals surface area contributed by atoms with Gasteiger partial charge in [0, 0.05) is 31.0 Å². The number of nitrogens with two attached hydrogens (primary N) is 1. The third kappa shape index (κ3) is 6.34. The molecule has 9 heteroatoms. The van der Waals surface area contributed by atoms with Crippen LogP contribution in [-0.2, 0) is 21.4 Å². The smallest absolute Gasteiger partial charge is 0.251 e. The molecule has 20 heavy (non-hydrogen) atoms. The molecule has 0 saturated heterocycles. The Kier molecular flexibility index (Phi) is 5.71. The van der Waals surface area contributed by atoms with Crippen LogP contribution in [0.1, 0.15) is 6.42 Å². The quantitative estimate of drug-likeness (QED) is 0.528. The van der Waals surface area contributed by atoms with Crippen molar-refractivity contribution >= 4 is 21.6 Å². The molecule has 0 bridgehead atoms. The third-order valence-corrected chi connectivity index (χ3v) is 3.09. The van der Waals surface area contributed by atoms with E-state index in [2.05, 4.69) is 10.0 Å². The predicted molar refractivity (Wildman–Crippen MR) is 75.6 cm³/mol. The van der Waals surface area contributed by atoms with Crippen LogP contribution in [0.4, 0.5) is 5.69 Å². The van der Waals surface area contributed by atoms with Gasteiger partial charge in [-0.15, -0.1) is 0 Å². The lowest BCUT2D eigenvalue weighted by atomic mass is 10.4. The summed E-state index contributed by atoms with van der Waals surface area (Å²) in [5.74, 6) is -0.336. The van der Waals surface area contributed by atoms with Crippen LogP contribution in [0.3, 0.4) is 0 Å². The minimum atomic E-state index is -3.21. The van der Waals surface area contributed by atoms with Gasteiger partial charge in [-0.3, -0.25) is 9.59 Å². The number of pyridine rings is 1. The molecule has 0 spiro atoms. The highest BCUT2D eigenvalue weighted by Gasteiger charge is 2.04. The van der Waals surface area contributed by atoms with Gasteiger partial charge in [-0.2, -0.15) is 0 Å². The van der Waals surface area contributed by atoms with Crippen LogP contribution in [0.5, 0.6) is 0 Å². The zero-order valence-electron chi connectivity index (χ0n) is 11.1. The fraction of sp³-hybridized carbons (Fsp3) is 0.455. The van der Waals surface area contributed by atoms with E-state index in [0.29, 0.717) is 18.7 Å². The number of anilines is 1. The Hall–Kier alpha value is -1.87. The van der Waals surface area contributed by atoms with Crippen molar-refractivity contribution in [1.29, 1.82) is 0 Å². The van der Waals surface area contributed by atoms with Crippen molar-refractivity contribution in [3.8, 4) is 0 Å². The molecule has 1 rings (SSSR count). The van der Waals surface area contributed by atoms with Gasteiger partial charge in [-0.05, 0) is 12.5 Å². The van der Waals surface area contributed by atoms with Crippen molar-refractivity contribution in [1.82, 2.24) is 14.6 Å². The van der Waals surface area contributed by atoms with E-state index in [9.17, 15) is 18.0 Å². The monoisotopic (exact) mass is 302 g/mol. The van der Waals surface area contributed by atoms with Crippen molar-refractivity contribution in [3.63, 3.8) is 0 Å². The maximum atomic E-state index is 11.6. The maximum Gasteiger partial charge on any atom is 0.251 e. The number of nitrogens with zero attached hydrogens (tertiary/aromatic N) is 1. The highest BCUT2D eigenvalue weighted by molar-refractivity contribution is 7.88. The summed E-state index contributed by atoms with van der Waals surface area (Å²) < 4.78 is 25.1. The molecule has 1 amide bonds. The highest BCUT2D eigenvalue weighted by atomic mass is 32.2. The van der Waals surface area contributed by atoms with Crippen LogP contribution in [-0.4, -0.2) is 38.2 Å². The van der Waals surface area contributed by atoms with Crippen LogP contribution in [0.15, 0.2) is 23.1 Å². The lowest BCUT2D eigenvalue weighted by molar-refractivity contribution is -0.121. The standard InChI is InChI=1S/C11H18N4O4S/c1-20(18,19)14-6-2-5-13-10(16)8-15-7-9(12)3-4-11(15)17/h3-4,7,14H,2,5-6,8,12H2,1H3,(H,13,16). The van der Waals surface area contributed by atoms with Crippen molar-refractivity contribution in [2.45, 2.75) is 13.0 Å². The molecule has 0 radical (unpaired) electrons. The van der Waals surface area contributed by atoms with Crippen molar-refractivity contribution in [3.05, 3.63) is 28.7 Å². The number of nitrogens with one attached hydrogen (secondary N) is 2. The summed E-state index contributed by atoms with van der Waals surface area (Å²) in [6.45, 7) is 0.444. The van der Waals surface area contributed by atoms with E-state index in [-0.39, 0.29) is 24.6 Å². The summed E-state index contributed by atoms with van der Waals surface area (Å²) in [6.07, 6.45) is 2.93. The minimum absolute atomic E-state index is 0.122. The van der Waals surface area contributed by atoms with Gasteiger partial charge in [-0.25, -0.2) is 13.1 Å². The molecular formula is C11H18N4O4S. The van der Waals surface area contributed by atoms with E-state index in [1.807, 2.05) is 0 Å². The van der Waals surface area contributed by atoms with Crippen molar-refractivity contribution in [2.75, 3.05) is 25.1 Å². The fourth-order valence-electron chi connectivity index (χ4n) is 1.46. The van der Waals surface area contributed by atoms with Gasteiger partial charge in [0.25, 0.3) is 5.56 Å². The molecule has 0 fully saturated rings. The van der Waals surface area contributed by atoms with E-state index in [0.717, 1.165) is 6.26 Å². The van der Waals surface area contributed by atoms with Gasteiger partial charge in [-0.1, -0.05) is 0 Å². The number of carbonyl (C=O) groups excluding carboxylic acids is 1. The summed E-state index contributed by atoms with van der Waals surface area (Å²) in [5, 5.41) is 2.59. The first kappa shape index (κ1) is 16.2. The van der Waals surface area contributed by atoms with Crippen LogP contribution in [0.25, 0.3) is 0 Å². The highest BCUT2D eigenvalue weighted by Crippen LogP contribution is 1.95. The summed E-state index contributed by atoms with van der Waals surface area (Å²) >= 11 is 0. The number of hydrogen-bond donors (Lipinski definition) is 3. The SMILES string of the molecule is CS(=O)(=O)NCCCNC(=O)Cn1cc(N)ccc1=O. The third-order valence-electron chi connectivity index (χ3n) is 2.36. The van der Waals surface area contributed by atoms with Gasteiger partial charge >= 0.3 is 0 Å². The number of rotatable bonds is 7. The molecule has 0 saturated carbocycles. The Morgan fingerprint density at radius 1 is 1.35 bits per heavy atom. The number of aromatic nitrogens is 1. The van der Waals surface area contributed by atoms with E-state index in [1.54, 1.807) is 0 Å². The molecule has 0 aliphatic carbocycles. The molecule has 1 aromatic rings. The zero-order chi connectivity index (χ0) is 15.2. The Balaban J connectivity index is 2.34. The van der Waals surface area contributed by atoms with Crippen LogP contribution < -0.4 is 21.3 Å². The average molecular weight is 302 g/mol. The van der Waals surface area contributed by atoms with E-state index in [1.165, 1.54) is 22.9 Å². The van der Waals surface area contributed by atoms with E-state index >= 15 is 0 Å². The van der Waals surface area contributed by atoms with Gasteiger partial charge < -0.3 is 15.6 Å². The zero-order valence-corrected chi connectivity index (χ0v) is 11.9. The molecule has 112 valence electrons. The van der Waals surface area contributed by atoms with E-state index < -0.39 is 10.0 Å². The van der Waals surface area contributed by atoms with Crippen molar-refractivity contribution < 1.29 is 13.2 Å². The summed E-state index contributed by atoms with van der Waals surface area (Å²) in [5.41, 5.74) is 5.61. The first-order valence-corrected chi connectivity index (χ1v) is 7.84. The van der Waals surface area contributed by atoms with Gasteiger partial charge in [0.2, 0.25) is 15.9 Å². The lowest BCUT2D eigenvalue weighted by Gasteiger charge is -2.08. The topological polar surface area (TPSA) is 123 Å². The molecule has 0 aliphatic rings. The molecule has 0 aromatic carbocycles. The Morgan fingerprint density at radius 2 is 2.05 bits per heavy atom. The molecule has 8 nitrogen and oxygen atoms in total. The summed E-state index contributed by atoms with van der Waals surface area (Å²) in [4.78, 5) is 23.0. The van der Waals surface area contributed by atoms with E-state index in [4.69, 9.17) is 5.73 Å². The number of amides is 1. The van der Waals surface area contributed by atoms with Gasteiger partial charge in [0.05, 0.1) is 6.26 Å². The number of carbonyl (C=O) groups is 1. The predicted octanol–water partition coefficient (Wildman–Crippen LogP) is -1.51. The van der Waals surface area contributed by atoms with Gasteiger partial charge in [0.1, 0.15) is 6.54 Å². The second kappa shape index (κ2) is 7.06. The molecule has 1 heterocycles. The number of sulfonamides is 1. The Morgan fingerprint density at radius 3 is 2.70 bits per heavy atom. The first-order chi connectivity index (χ1) is 9.28. The molecule has 0 aliphatic heterocycles. The number of nitrogen functional groups attached to an aromatic ring is 1. The Bertz CT molecular complexity index is 624. The minimum Gasteiger partial charge on any atom is -0.398 e. The molecule has 0 atom stereocenters. The molecule has 0 unspecified atom stereocenters. The number of hydrogen-bond acceptors (Lipinski definition) is 5. The molecule has 4 N–H and O–H groups in total. The van der Waals surface area contributed by atoms with Crippen LogP contribution in [0, 0.1) is 0 Å². The summed E-state index contributed by atoms with van der Waals surface area (Å²) in [6, 6.07) is 2.76.